The Kier molecular flexibility index (Phi) is 4.73. The molecule has 1 saturated heterocycles. The largest absolute Gasteiger partial charge is 0.423 e. The summed E-state index contributed by atoms with van der Waals surface area (Å²) >= 11 is 0. The first-order valence-electron chi connectivity index (χ1n) is 7.90. The number of benzene rings is 1. The number of carbonyl (C=O) groups excluding carboxylic acids is 1. The highest BCUT2D eigenvalue weighted by molar-refractivity contribution is 5.94. The van der Waals surface area contributed by atoms with Crippen LogP contribution in [0.25, 0.3) is 11.0 Å². The van der Waals surface area contributed by atoms with Gasteiger partial charge >= 0.3 is 5.63 Å². The number of rotatable bonds is 4. The topological polar surface area (TPSA) is 83.4 Å². The number of carbonyl (C=O) groups is 1. The predicted molar refractivity (Wildman–Crippen MR) is 89.7 cm³/mol. The molecule has 2 heterocycles. The van der Waals surface area contributed by atoms with Gasteiger partial charge in [0, 0.05) is 29.2 Å². The van der Waals surface area contributed by atoms with Crippen molar-refractivity contribution in [3.05, 3.63) is 40.2 Å². The molecule has 0 radical (unpaired) electrons. The zero-order chi connectivity index (χ0) is 16.2. The summed E-state index contributed by atoms with van der Waals surface area (Å²) in [6.45, 7) is 4.12. The van der Waals surface area contributed by atoms with Crippen molar-refractivity contribution in [2.75, 3.05) is 25.0 Å². The second-order valence-corrected chi connectivity index (χ2v) is 5.91. The highest BCUT2D eigenvalue weighted by Crippen LogP contribution is 2.20. The fraction of sp³-hybridized carbons (Fsp3) is 0.412. The minimum absolute atomic E-state index is 0.0992. The maximum atomic E-state index is 12.0. The molecule has 0 spiro atoms. The van der Waals surface area contributed by atoms with Crippen molar-refractivity contribution in [3.63, 3.8) is 0 Å². The van der Waals surface area contributed by atoms with Gasteiger partial charge in [0.2, 0.25) is 5.91 Å². The van der Waals surface area contributed by atoms with Gasteiger partial charge in [-0.2, -0.15) is 0 Å². The zero-order valence-electron chi connectivity index (χ0n) is 13.1. The maximum Gasteiger partial charge on any atom is 0.336 e. The lowest BCUT2D eigenvalue weighted by molar-refractivity contribution is -0.115. The van der Waals surface area contributed by atoms with E-state index in [9.17, 15) is 9.59 Å². The normalized spacial score (nSPS) is 15.7. The Morgan fingerprint density at radius 1 is 1.30 bits per heavy atom. The number of fused-ring (bicyclic) bond motifs is 1. The molecular weight excluding hydrogens is 294 g/mol. The van der Waals surface area contributed by atoms with E-state index in [4.69, 9.17) is 4.42 Å². The number of anilines is 1. The molecule has 1 aromatic carbocycles. The molecule has 3 N–H and O–H groups in total. The standard InChI is InChI=1S/C17H21N3O3/c1-11-8-17(22)23-15-9-13(2-3-14(11)15)20-16(21)10-19-12-4-6-18-7-5-12/h2-3,8-9,12,18-19H,4-7,10H2,1H3,(H,20,21). The average molecular weight is 315 g/mol. The van der Waals surface area contributed by atoms with Crippen molar-refractivity contribution in [3.8, 4) is 0 Å². The van der Waals surface area contributed by atoms with Crippen molar-refractivity contribution in [2.45, 2.75) is 25.8 Å². The number of hydrogen-bond donors (Lipinski definition) is 3. The molecule has 0 atom stereocenters. The molecule has 1 aromatic heterocycles. The number of piperidine rings is 1. The van der Waals surface area contributed by atoms with Gasteiger partial charge in [0.15, 0.2) is 0 Å². The first-order chi connectivity index (χ1) is 11.1. The molecule has 3 rings (SSSR count). The smallest absolute Gasteiger partial charge is 0.336 e. The number of hydrogen-bond acceptors (Lipinski definition) is 5. The highest BCUT2D eigenvalue weighted by atomic mass is 16.4. The van der Waals surface area contributed by atoms with Crippen LogP contribution in [0.4, 0.5) is 5.69 Å². The van der Waals surface area contributed by atoms with Crippen molar-refractivity contribution >= 4 is 22.6 Å². The molecule has 0 bridgehead atoms. The van der Waals surface area contributed by atoms with Gasteiger partial charge < -0.3 is 20.4 Å². The van der Waals surface area contributed by atoms with Gasteiger partial charge in [-0.1, -0.05) is 0 Å². The van der Waals surface area contributed by atoms with Crippen LogP contribution < -0.4 is 21.6 Å². The van der Waals surface area contributed by atoms with Gasteiger partial charge in [0.25, 0.3) is 0 Å². The van der Waals surface area contributed by atoms with Crippen LogP contribution in [0.2, 0.25) is 0 Å². The van der Waals surface area contributed by atoms with Crippen molar-refractivity contribution in [1.29, 1.82) is 0 Å². The van der Waals surface area contributed by atoms with Gasteiger partial charge in [-0.05, 0) is 50.6 Å². The summed E-state index contributed by atoms with van der Waals surface area (Å²) in [5, 5.41) is 10.3. The molecule has 1 aliphatic rings. The number of amides is 1. The number of nitrogens with one attached hydrogen (secondary N) is 3. The Labute approximate surface area is 134 Å². The Morgan fingerprint density at radius 2 is 2.09 bits per heavy atom. The predicted octanol–water partition coefficient (Wildman–Crippen LogP) is 1.38. The summed E-state index contributed by atoms with van der Waals surface area (Å²) in [6.07, 6.45) is 2.07. The van der Waals surface area contributed by atoms with Gasteiger partial charge in [-0.25, -0.2) is 4.79 Å². The van der Waals surface area contributed by atoms with Crippen LogP contribution in [0.15, 0.2) is 33.5 Å². The summed E-state index contributed by atoms with van der Waals surface area (Å²) in [5.41, 5.74) is 1.59. The molecule has 1 fully saturated rings. The summed E-state index contributed by atoms with van der Waals surface area (Å²) in [5.74, 6) is -0.0992. The minimum Gasteiger partial charge on any atom is -0.423 e. The quantitative estimate of drug-likeness (QED) is 0.743. The molecule has 0 aliphatic carbocycles. The lowest BCUT2D eigenvalue weighted by Crippen LogP contribution is -2.42. The SMILES string of the molecule is Cc1cc(=O)oc2cc(NC(=O)CNC3CCNCC3)ccc12. The van der Waals surface area contributed by atoms with E-state index in [2.05, 4.69) is 16.0 Å². The molecule has 6 nitrogen and oxygen atoms in total. The molecule has 0 saturated carbocycles. The van der Waals surface area contributed by atoms with Gasteiger partial charge in [0.05, 0.1) is 6.54 Å². The first kappa shape index (κ1) is 15.7. The third-order valence-electron chi connectivity index (χ3n) is 4.13. The van der Waals surface area contributed by atoms with E-state index in [1.807, 2.05) is 19.1 Å². The Balaban J connectivity index is 1.64. The van der Waals surface area contributed by atoms with E-state index < -0.39 is 0 Å². The van der Waals surface area contributed by atoms with Crippen molar-refractivity contribution in [1.82, 2.24) is 10.6 Å². The van der Waals surface area contributed by atoms with Crippen LogP contribution in [0.3, 0.4) is 0 Å². The van der Waals surface area contributed by atoms with Crippen LogP contribution >= 0.6 is 0 Å². The molecular formula is C17H21N3O3. The molecule has 1 amide bonds. The third-order valence-corrected chi connectivity index (χ3v) is 4.13. The van der Waals surface area contributed by atoms with Gasteiger partial charge in [-0.3, -0.25) is 4.79 Å². The van der Waals surface area contributed by atoms with Crippen LogP contribution in [-0.2, 0) is 4.79 Å². The van der Waals surface area contributed by atoms with E-state index >= 15 is 0 Å². The van der Waals surface area contributed by atoms with E-state index in [0.717, 1.165) is 36.9 Å². The van der Waals surface area contributed by atoms with Crippen LogP contribution in [0.1, 0.15) is 18.4 Å². The Bertz CT molecular complexity index is 763. The third kappa shape index (κ3) is 3.97. The molecule has 0 unspecified atom stereocenters. The summed E-state index contributed by atoms with van der Waals surface area (Å²) in [6, 6.07) is 7.20. The monoisotopic (exact) mass is 315 g/mol. The fourth-order valence-electron chi connectivity index (χ4n) is 2.87. The van der Waals surface area contributed by atoms with E-state index in [0.29, 0.717) is 17.3 Å². The van der Waals surface area contributed by atoms with E-state index in [1.54, 1.807) is 6.07 Å². The molecule has 23 heavy (non-hydrogen) atoms. The van der Waals surface area contributed by atoms with Crippen LogP contribution in [-0.4, -0.2) is 31.6 Å². The highest BCUT2D eigenvalue weighted by Gasteiger charge is 2.13. The molecule has 2 aromatic rings. The first-order valence-corrected chi connectivity index (χ1v) is 7.90. The summed E-state index contributed by atoms with van der Waals surface area (Å²) in [4.78, 5) is 23.5. The summed E-state index contributed by atoms with van der Waals surface area (Å²) in [7, 11) is 0. The van der Waals surface area contributed by atoms with Crippen LogP contribution in [0.5, 0.6) is 0 Å². The van der Waals surface area contributed by atoms with E-state index in [1.165, 1.54) is 6.07 Å². The second-order valence-electron chi connectivity index (χ2n) is 5.91. The van der Waals surface area contributed by atoms with Gasteiger partial charge in [0.1, 0.15) is 5.58 Å². The Morgan fingerprint density at radius 3 is 2.87 bits per heavy atom. The minimum atomic E-state index is -0.383. The van der Waals surface area contributed by atoms with Crippen molar-refractivity contribution in [2.24, 2.45) is 0 Å². The lowest BCUT2D eigenvalue weighted by atomic mass is 10.1. The molecule has 122 valence electrons. The fourth-order valence-corrected chi connectivity index (χ4v) is 2.87. The van der Waals surface area contributed by atoms with Crippen molar-refractivity contribution < 1.29 is 9.21 Å². The lowest BCUT2D eigenvalue weighted by Gasteiger charge is -2.23. The zero-order valence-corrected chi connectivity index (χ0v) is 13.1. The Hall–Kier alpha value is -2.18. The maximum absolute atomic E-state index is 12.0. The average Bonchev–Trinajstić information content (AvgIpc) is 2.53. The molecule has 6 heteroatoms. The molecule has 1 aliphatic heterocycles. The van der Waals surface area contributed by atoms with Crippen LogP contribution in [0, 0.1) is 6.92 Å². The van der Waals surface area contributed by atoms with E-state index in [-0.39, 0.29) is 18.1 Å². The second kappa shape index (κ2) is 6.93. The summed E-state index contributed by atoms with van der Waals surface area (Å²) < 4.78 is 5.19. The number of aryl methyl sites for hydroxylation is 1. The van der Waals surface area contributed by atoms with Gasteiger partial charge in [-0.15, -0.1) is 0 Å².